The molecule has 5 nitrogen and oxygen atoms in total. The molecule has 4 N–H and O–H groups in total. The van der Waals surface area contributed by atoms with E-state index >= 15 is 0 Å². The van der Waals surface area contributed by atoms with Crippen molar-refractivity contribution in [1.29, 1.82) is 0 Å². The molecule has 0 aliphatic carbocycles. The third kappa shape index (κ3) is 5.36. The van der Waals surface area contributed by atoms with Crippen molar-refractivity contribution < 1.29 is 13.2 Å². The molecular weight excluding hydrogens is 447 g/mol. The first-order valence-corrected chi connectivity index (χ1v) is 12.4. The molecule has 2 aliphatic heterocycles. The Kier molecular flexibility index (Phi) is 7.31. The molecule has 0 radical (unpaired) electrons. The summed E-state index contributed by atoms with van der Waals surface area (Å²) in [5.41, 5.74) is 8.27. The van der Waals surface area contributed by atoms with Gasteiger partial charge in [-0.05, 0) is 57.0 Å². The van der Waals surface area contributed by atoms with Crippen LogP contribution >= 0.6 is 11.8 Å². The first kappa shape index (κ1) is 24.0. The predicted molar refractivity (Wildman–Crippen MR) is 131 cm³/mol. The number of nitrogens with one attached hydrogen (secondary N) is 2. The van der Waals surface area contributed by atoms with Gasteiger partial charge < -0.3 is 26.2 Å². The Morgan fingerprint density at radius 1 is 1.12 bits per heavy atom. The summed E-state index contributed by atoms with van der Waals surface area (Å²) in [6, 6.07) is 8.78. The van der Waals surface area contributed by atoms with Crippen molar-refractivity contribution in [3.63, 3.8) is 0 Å². The third-order valence-electron chi connectivity index (χ3n) is 6.40. The number of fused-ring (bicyclic) bond motifs is 2. The first-order chi connectivity index (χ1) is 15.8. The Hall–Kier alpha value is -2.10. The number of rotatable bonds is 7. The Bertz CT molecular complexity index is 969. The molecule has 2 aromatic rings. The van der Waals surface area contributed by atoms with E-state index in [0.717, 1.165) is 67.5 Å². The minimum Gasteiger partial charge on any atom is -0.380 e. The van der Waals surface area contributed by atoms with Gasteiger partial charge in [0, 0.05) is 60.8 Å². The highest BCUT2D eigenvalue weighted by atomic mass is 32.2. The highest BCUT2D eigenvalue weighted by molar-refractivity contribution is 7.99. The van der Waals surface area contributed by atoms with Crippen molar-refractivity contribution in [1.82, 2.24) is 4.90 Å². The molecule has 33 heavy (non-hydrogen) atoms. The number of hydrogen-bond acceptors (Lipinski definition) is 6. The van der Waals surface area contributed by atoms with Crippen molar-refractivity contribution in [3.8, 4) is 0 Å². The molecular formula is C24H32F3N5S. The summed E-state index contributed by atoms with van der Waals surface area (Å²) in [5.74, 6) is 0. The van der Waals surface area contributed by atoms with E-state index in [1.807, 2.05) is 6.07 Å². The molecule has 0 atom stereocenters. The molecule has 0 bridgehead atoms. The standard InChI is InChI=1S/C24H32F3N5S/c1-3-32(4-2)18-5-6-19-21(15-18)33-22-14-16(24(25,26)27)13-20(23(22)30-19)29-17-7-10-31(11-8-17)12-9-28/h5-6,13-15,17,29-30H,3-4,7-12,28H2,1-2H3. The zero-order valence-electron chi connectivity index (χ0n) is 19.1. The van der Waals surface area contributed by atoms with E-state index in [9.17, 15) is 13.2 Å². The number of alkyl halides is 3. The fourth-order valence-electron chi connectivity index (χ4n) is 4.54. The highest BCUT2D eigenvalue weighted by Gasteiger charge is 2.34. The molecule has 0 amide bonds. The average Bonchev–Trinajstić information content (AvgIpc) is 2.79. The Balaban J connectivity index is 1.62. The van der Waals surface area contributed by atoms with Gasteiger partial charge in [0.15, 0.2) is 0 Å². The van der Waals surface area contributed by atoms with Crippen molar-refractivity contribution in [2.75, 3.05) is 54.8 Å². The number of likely N-dealkylation sites (tertiary alicyclic amines) is 1. The second-order valence-corrected chi connectivity index (χ2v) is 9.61. The first-order valence-electron chi connectivity index (χ1n) is 11.6. The maximum Gasteiger partial charge on any atom is 0.416 e. The van der Waals surface area contributed by atoms with Gasteiger partial charge >= 0.3 is 6.18 Å². The summed E-state index contributed by atoms with van der Waals surface area (Å²) in [6.45, 7) is 9.21. The number of halogens is 3. The number of nitrogens with zero attached hydrogens (tertiary/aromatic N) is 2. The van der Waals surface area contributed by atoms with Gasteiger partial charge in [0.25, 0.3) is 0 Å². The Labute approximate surface area is 197 Å². The van der Waals surface area contributed by atoms with Crippen molar-refractivity contribution in [2.45, 2.75) is 48.7 Å². The molecule has 0 saturated carbocycles. The summed E-state index contributed by atoms with van der Waals surface area (Å²) in [4.78, 5) is 6.06. The van der Waals surface area contributed by atoms with E-state index in [-0.39, 0.29) is 6.04 Å². The molecule has 0 spiro atoms. The van der Waals surface area contributed by atoms with Gasteiger partial charge in [0.2, 0.25) is 0 Å². The smallest absolute Gasteiger partial charge is 0.380 e. The quantitative estimate of drug-likeness (QED) is 0.410. The van der Waals surface area contributed by atoms with Crippen LogP contribution in [0.3, 0.4) is 0 Å². The molecule has 0 unspecified atom stereocenters. The molecule has 2 aliphatic rings. The lowest BCUT2D eigenvalue weighted by atomic mass is 10.0. The van der Waals surface area contributed by atoms with Crippen LogP contribution in [-0.4, -0.2) is 50.2 Å². The molecule has 2 heterocycles. The van der Waals surface area contributed by atoms with Crippen molar-refractivity contribution in [3.05, 3.63) is 35.9 Å². The molecule has 9 heteroatoms. The van der Waals surface area contributed by atoms with Crippen LogP contribution in [0.1, 0.15) is 32.3 Å². The zero-order valence-corrected chi connectivity index (χ0v) is 20.0. The maximum absolute atomic E-state index is 13.7. The topological polar surface area (TPSA) is 56.6 Å². The summed E-state index contributed by atoms with van der Waals surface area (Å²) < 4.78 is 41.2. The molecule has 180 valence electrons. The SMILES string of the molecule is CCN(CC)c1ccc2c(c1)Sc1cc(C(F)(F)F)cc(NC3CCN(CCN)CC3)c1N2. The van der Waals surface area contributed by atoms with Gasteiger partial charge in [-0.15, -0.1) is 0 Å². The van der Waals surface area contributed by atoms with Crippen molar-refractivity contribution in [2.24, 2.45) is 5.73 Å². The van der Waals surface area contributed by atoms with Gasteiger partial charge in [-0.3, -0.25) is 0 Å². The molecule has 1 saturated heterocycles. The zero-order chi connectivity index (χ0) is 23.6. The van der Waals surface area contributed by atoms with E-state index in [0.29, 0.717) is 17.1 Å². The number of anilines is 4. The van der Waals surface area contributed by atoms with Gasteiger partial charge in [-0.25, -0.2) is 0 Å². The maximum atomic E-state index is 13.7. The summed E-state index contributed by atoms with van der Waals surface area (Å²) in [7, 11) is 0. The van der Waals surface area contributed by atoms with Gasteiger partial charge in [0.1, 0.15) is 0 Å². The summed E-state index contributed by atoms with van der Waals surface area (Å²) >= 11 is 1.40. The normalized spacial score (nSPS) is 16.7. The summed E-state index contributed by atoms with van der Waals surface area (Å²) in [5, 5.41) is 6.83. The summed E-state index contributed by atoms with van der Waals surface area (Å²) in [6.07, 6.45) is -2.65. The highest BCUT2D eigenvalue weighted by Crippen LogP contribution is 2.50. The van der Waals surface area contributed by atoms with E-state index < -0.39 is 11.7 Å². The lowest BCUT2D eigenvalue weighted by Gasteiger charge is -2.34. The van der Waals surface area contributed by atoms with Crippen LogP contribution in [0.2, 0.25) is 0 Å². The van der Waals surface area contributed by atoms with E-state index in [1.54, 1.807) is 0 Å². The molecule has 4 rings (SSSR count). The number of nitrogens with two attached hydrogens (primary N) is 1. The van der Waals surface area contributed by atoms with Gasteiger partial charge in [-0.1, -0.05) is 11.8 Å². The van der Waals surface area contributed by atoms with Gasteiger partial charge in [0.05, 0.1) is 22.6 Å². The third-order valence-corrected chi connectivity index (χ3v) is 7.49. The van der Waals surface area contributed by atoms with E-state index in [2.05, 4.69) is 46.4 Å². The predicted octanol–water partition coefficient (Wildman–Crippen LogP) is 5.59. The van der Waals surface area contributed by atoms with Crippen LogP contribution < -0.4 is 21.3 Å². The lowest BCUT2D eigenvalue weighted by molar-refractivity contribution is -0.137. The minimum absolute atomic E-state index is 0.129. The fraction of sp³-hybridized carbons (Fsp3) is 0.500. The lowest BCUT2D eigenvalue weighted by Crippen LogP contribution is -2.41. The van der Waals surface area contributed by atoms with E-state index in [1.165, 1.54) is 23.9 Å². The largest absolute Gasteiger partial charge is 0.416 e. The van der Waals surface area contributed by atoms with Crippen LogP contribution in [0.4, 0.5) is 35.9 Å². The second-order valence-electron chi connectivity index (χ2n) is 8.52. The van der Waals surface area contributed by atoms with Gasteiger partial charge in [-0.2, -0.15) is 13.2 Å². The van der Waals surface area contributed by atoms with Crippen molar-refractivity contribution >= 4 is 34.5 Å². The molecule has 2 aromatic carbocycles. The van der Waals surface area contributed by atoms with E-state index in [4.69, 9.17) is 5.73 Å². The molecule has 0 aromatic heterocycles. The van der Waals surface area contributed by atoms with Crippen LogP contribution in [-0.2, 0) is 6.18 Å². The Morgan fingerprint density at radius 2 is 1.85 bits per heavy atom. The van der Waals surface area contributed by atoms with Crippen LogP contribution in [0.15, 0.2) is 40.1 Å². The molecule has 1 fully saturated rings. The fourth-order valence-corrected chi connectivity index (χ4v) is 5.64. The number of hydrogen-bond donors (Lipinski definition) is 3. The minimum atomic E-state index is -4.40. The van der Waals surface area contributed by atoms with Crippen LogP contribution in [0, 0.1) is 0 Å². The number of piperidine rings is 1. The van der Waals surface area contributed by atoms with Crippen LogP contribution in [0.5, 0.6) is 0 Å². The second kappa shape index (κ2) is 10.0. The Morgan fingerprint density at radius 3 is 2.48 bits per heavy atom. The van der Waals surface area contributed by atoms with Crippen LogP contribution in [0.25, 0.3) is 0 Å². The average molecular weight is 480 g/mol. The number of benzene rings is 2. The monoisotopic (exact) mass is 479 g/mol.